The highest BCUT2D eigenvalue weighted by molar-refractivity contribution is 9.10. The molecule has 0 aliphatic carbocycles. The molecule has 0 amide bonds. The summed E-state index contributed by atoms with van der Waals surface area (Å²) in [5.41, 5.74) is 10.1. The lowest BCUT2D eigenvalue weighted by atomic mass is 10.1. The number of aromatic nitrogens is 1. The minimum absolute atomic E-state index is 0.817. The highest BCUT2D eigenvalue weighted by atomic mass is 79.9. The highest BCUT2D eigenvalue weighted by Gasteiger charge is 2.06. The van der Waals surface area contributed by atoms with Crippen LogP contribution in [0.3, 0.4) is 0 Å². The maximum Gasteiger partial charge on any atom is 0.0755 e. The lowest BCUT2D eigenvalue weighted by Crippen LogP contribution is -1.97. The van der Waals surface area contributed by atoms with E-state index in [0.717, 1.165) is 45.2 Å². The van der Waals surface area contributed by atoms with E-state index in [1.165, 1.54) is 0 Å². The summed E-state index contributed by atoms with van der Waals surface area (Å²) in [5.74, 6) is 0. The van der Waals surface area contributed by atoms with E-state index in [4.69, 9.17) is 5.73 Å². The van der Waals surface area contributed by atoms with Crippen molar-refractivity contribution in [1.29, 1.82) is 0 Å². The molecule has 0 fully saturated rings. The average molecular weight is 279 g/mol. The van der Waals surface area contributed by atoms with E-state index in [1.807, 2.05) is 12.1 Å². The van der Waals surface area contributed by atoms with Crippen LogP contribution in [0.25, 0.3) is 10.9 Å². The van der Waals surface area contributed by atoms with Crippen molar-refractivity contribution in [2.75, 3.05) is 5.73 Å². The zero-order valence-electron chi connectivity index (χ0n) is 9.55. The van der Waals surface area contributed by atoms with E-state index < -0.39 is 0 Å². The van der Waals surface area contributed by atoms with Gasteiger partial charge < -0.3 is 5.73 Å². The van der Waals surface area contributed by atoms with E-state index in [1.54, 1.807) is 0 Å². The molecule has 1 aromatic carbocycles. The largest absolute Gasteiger partial charge is 0.398 e. The van der Waals surface area contributed by atoms with Crippen LogP contribution in [0.5, 0.6) is 0 Å². The Morgan fingerprint density at radius 3 is 2.75 bits per heavy atom. The number of halogens is 1. The zero-order valence-corrected chi connectivity index (χ0v) is 11.1. The molecule has 0 spiro atoms. The first-order valence-corrected chi connectivity index (χ1v) is 6.26. The van der Waals surface area contributed by atoms with Gasteiger partial charge in [-0.15, -0.1) is 0 Å². The molecule has 0 atom stereocenters. The van der Waals surface area contributed by atoms with Crippen molar-refractivity contribution in [1.82, 2.24) is 4.98 Å². The van der Waals surface area contributed by atoms with Crippen molar-refractivity contribution < 1.29 is 0 Å². The van der Waals surface area contributed by atoms with Gasteiger partial charge in [-0.3, -0.25) is 4.98 Å². The van der Waals surface area contributed by atoms with Gasteiger partial charge >= 0.3 is 0 Å². The molecule has 0 saturated carbocycles. The van der Waals surface area contributed by atoms with Gasteiger partial charge in [-0.25, -0.2) is 0 Å². The first-order chi connectivity index (χ1) is 7.61. The van der Waals surface area contributed by atoms with Gasteiger partial charge in [0.2, 0.25) is 0 Å². The number of nitrogen functional groups attached to an aromatic ring is 1. The predicted molar refractivity (Wildman–Crippen MR) is 72.6 cm³/mol. The van der Waals surface area contributed by atoms with Gasteiger partial charge in [0.1, 0.15) is 0 Å². The van der Waals surface area contributed by atoms with E-state index in [-0.39, 0.29) is 0 Å². The highest BCUT2D eigenvalue weighted by Crippen LogP contribution is 2.27. The number of pyridine rings is 1. The second kappa shape index (κ2) is 4.42. The maximum atomic E-state index is 6.06. The smallest absolute Gasteiger partial charge is 0.0755 e. The van der Waals surface area contributed by atoms with Gasteiger partial charge in [-0.2, -0.15) is 0 Å². The third-order valence-electron chi connectivity index (χ3n) is 2.66. The van der Waals surface area contributed by atoms with Gasteiger partial charge in [0.25, 0.3) is 0 Å². The third-order valence-corrected chi connectivity index (χ3v) is 3.12. The Kier molecular flexibility index (Phi) is 3.15. The number of nitrogens with two attached hydrogens (primary N) is 1. The molecule has 1 aromatic heterocycles. The number of aryl methyl sites for hydroxylation is 2. The summed E-state index contributed by atoms with van der Waals surface area (Å²) in [6, 6.07) is 6.09. The molecule has 2 N–H and O–H groups in total. The van der Waals surface area contributed by atoms with Crippen LogP contribution in [0.15, 0.2) is 22.7 Å². The minimum Gasteiger partial charge on any atom is -0.398 e. The van der Waals surface area contributed by atoms with Crippen molar-refractivity contribution in [3.8, 4) is 0 Å². The number of fused-ring (bicyclic) bond motifs is 1. The van der Waals surface area contributed by atoms with Crippen molar-refractivity contribution in [2.45, 2.75) is 26.7 Å². The first-order valence-electron chi connectivity index (χ1n) is 5.47. The van der Waals surface area contributed by atoms with Gasteiger partial charge in [0, 0.05) is 21.2 Å². The molecule has 2 nitrogen and oxygen atoms in total. The van der Waals surface area contributed by atoms with Crippen LogP contribution in [-0.2, 0) is 6.42 Å². The summed E-state index contributed by atoms with van der Waals surface area (Å²) in [7, 11) is 0. The maximum absolute atomic E-state index is 6.06. The monoisotopic (exact) mass is 278 g/mol. The Bertz CT molecular complexity index is 535. The van der Waals surface area contributed by atoms with Gasteiger partial charge in [-0.05, 0) is 37.1 Å². The molecule has 0 bridgehead atoms. The summed E-state index contributed by atoms with van der Waals surface area (Å²) < 4.78 is 1.05. The van der Waals surface area contributed by atoms with Crippen LogP contribution in [0.4, 0.5) is 5.69 Å². The minimum atomic E-state index is 0.817. The number of nitrogens with zero attached hydrogens (tertiary/aromatic N) is 1. The molecule has 2 rings (SSSR count). The van der Waals surface area contributed by atoms with Gasteiger partial charge in [0.15, 0.2) is 0 Å². The lowest BCUT2D eigenvalue weighted by molar-refractivity contribution is 0.890. The quantitative estimate of drug-likeness (QED) is 0.907. The molecular formula is C13H15BrN2. The van der Waals surface area contributed by atoms with Crippen LogP contribution in [0, 0.1) is 6.92 Å². The second-order valence-electron chi connectivity index (χ2n) is 4.07. The molecule has 2 aromatic rings. The summed E-state index contributed by atoms with van der Waals surface area (Å²) >= 11 is 3.48. The normalized spacial score (nSPS) is 10.9. The van der Waals surface area contributed by atoms with Crippen molar-refractivity contribution in [2.24, 2.45) is 0 Å². The van der Waals surface area contributed by atoms with Crippen LogP contribution in [0.1, 0.15) is 24.6 Å². The molecule has 0 aliphatic rings. The Morgan fingerprint density at radius 2 is 2.06 bits per heavy atom. The standard InChI is InChI=1S/C13H15BrN2/c1-3-4-10-7-12(15)11-6-9(14)5-8(2)13(11)16-10/h5-7H,3-4H2,1-2H3,(H2,15,16). The first kappa shape index (κ1) is 11.4. The van der Waals surface area contributed by atoms with Crippen LogP contribution < -0.4 is 5.73 Å². The van der Waals surface area contributed by atoms with E-state index in [0.29, 0.717) is 0 Å². The predicted octanol–water partition coefficient (Wildman–Crippen LogP) is 3.84. The number of rotatable bonds is 2. The molecule has 16 heavy (non-hydrogen) atoms. The number of anilines is 1. The number of benzene rings is 1. The fraction of sp³-hybridized carbons (Fsp3) is 0.308. The van der Waals surface area contributed by atoms with E-state index >= 15 is 0 Å². The molecule has 0 saturated heterocycles. The Labute approximate surface area is 104 Å². The summed E-state index contributed by atoms with van der Waals surface area (Å²) in [6.45, 7) is 4.21. The van der Waals surface area contributed by atoms with Crippen LogP contribution >= 0.6 is 15.9 Å². The topological polar surface area (TPSA) is 38.9 Å². The van der Waals surface area contributed by atoms with Crippen molar-refractivity contribution in [3.63, 3.8) is 0 Å². The van der Waals surface area contributed by atoms with Gasteiger partial charge in [0.05, 0.1) is 5.52 Å². The molecule has 0 unspecified atom stereocenters. The molecule has 84 valence electrons. The Hall–Kier alpha value is -1.09. The Balaban J connectivity index is 2.71. The summed E-state index contributed by atoms with van der Waals surface area (Å²) in [5, 5.41) is 1.03. The van der Waals surface area contributed by atoms with Gasteiger partial charge in [-0.1, -0.05) is 29.3 Å². The summed E-state index contributed by atoms with van der Waals surface area (Å²) in [4.78, 5) is 4.67. The molecule has 0 radical (unpaired) electrons. The summed E-state index contributed by atoms with van der Waals surface area (Å²) in [6.07, 6.45) is 2.07. The molecule has 1 heterocycles. The fourth-order valence-electron chi connectivity index (χ4n) is 1.92. The van der Waals surface area contributed by atoms with E-state index in [9.17, 15) is 0 Å². The molecule has 0 aliphatic heterocycles. The number of hydrogen-bond donors (Lipinski definition) is 1. The van der Waals surface area contributed by atoms with Crippen molar-refractivity contribution in [3.05, 3.63) is 33.9 Å². The SMILES string of the molecule is CCCc1cc(N)c2cc(Br)cc(C)c2n1. The second-order valence-corrected chi connectivity index (χ2v) is 4.99. The average Bonchev–Trinajstić information content (AvgIpc) is 2.20. The van der Waals surface area contributed by atoms with Crippen molar-refractivity contribution >= 4 is 32.5 Å². The zero-order chi connectivity index (χ0) is 11.7. The van der Waals surface area contributed by atoms with Crippen LogP contribution in [0.2, 0.25) is 0 Å². The lowest BCUT2D eigenvalue weighted by Gasteiger charge is -2.08. The fourth-order valence-corrected chi connectivity index (χ4v) is 2.49. The Morgan fingerprint density at radius 1 is 1.31 bits per heavy atom. The number of hydrogen-bond acceptors (Lipinski definition) is 2. The van der Waals surface area contributed by atoms with Crippen LogP contribution in [-0.4, -0.2) is 4.98 Å². The molecule has 3 heteroatoms. The third kappa shape index (κ3) is 2.05. The van der Waals surface area contributed by atoms with E-state index in [2.05, 4.69) is 40.8 Å². The molecular weight excluding hydrogens is 264 g/mol.